The van der Waals surface area contributed by atoms with Gasteiger partial charge in [-0.05, 0) is 66.6 Å². The predicted molar refractivity (Wildman–Crippen MR) is 148 cm³/mol. The van der Waals surface area contributed by atoms with Gasteiger partial charge in [0.2, 0.25) is 5.91 Å². The van der Waals surface area contributed by atoms with Crippen LogP contribution in [0, 0.1) is 5.92 Å². The zero-order valence-electron chi connectivity index (χ0n) is 21.2. The standard InChI is InChI=1S/C30H34ClN3O2/c1-4-25(22-10-6-5-7-11-22)30(36)34(19-21-14-15-21)20-23-18-24(16-17-28(23)33(2)3)32-29(35)26-12-8-9-13-27(26)31/h5-13,16-18,21,25H,4,14-15,19-20H2,1-3H3,(H,32,35)/t25-/m0/s1. The summed E-state index contributed by atoms with van der Waals surface area (Å²) in [6.07, 6.45) is 3.08. The molecule has 36 heavy (non-hydrogen) atoms. The van der Waals surface area contributed by atoms with Crippen LogP contribution in [0.1, 0.15) is 53.6 Å². The Bertz CT molecular complexity index is 1210. The first-order chi connectivity index (χ1) is 17.4. The van der Waals surface area contributed by atoms with E-state index in [0.29, 0.717) is 28.7 Å². The fourth-order valence-corrected chi connectivity index (χ4v) is 4.80. The predicted octanol–water partition coefficient (Wildman–Crippen LogP) is 6.59. The lowest BCUT2D eigenvalue weighted by molar-refractivity contribution is -0.133. The van der Waals surface area contributed by atoms with Gasteiger partial charge in [0.05, 0.1) is 16.5 Å². The van der Waals surface area contributed by atoms with Gasteiger partial charge in [-0.3, -0.25) is 9.59 Å². The molecule has 0 heterocycles. The lowest BCUT2D eigenvalue weighted by atomic mass is 9.94. The number of amides is 2. The number of nitrogens with zero attached hydrogens (tertiary/aromatic N) is 2. The van der Waals surface area contributed by atoms with E-state index in [0.717, 1.165) is 29.8 Å². The summed E-state index contributed by atoms with van der Waals surface area (Å²) in [5.41, 5.74) is 4.17. The van der Waals surface area contributed by atoms with Gasteiger partial charge in [-0.25, -0.2) is 0 Å². The van der Waals surface area contributed by atoms with Gasteiger partial charge >= 0.3 is 0 Å². The van der Waals surface area contributed by atoms with Gasteiger partial charge in [0, 0.05) is 38.6 Å². The van der Waals surface area contributed by atoms with Crippen LogP contribution >= 0.6 is 11.6 Å². The molecule has 1 N–H and O–H groups in total. The van der Waals surface area contributed by atoms with Crippen molar-refractivity contribution in [3.63, 3.8) is 0 Å². The van der Waals surface area contributed by atoms with E-state index >= 15 is 0 Å². The topological polar surface area (TPSA) is 52.7 Å². The Morgan fingerprint density at radius 2 is 1.69 bits per heavy atom. The number of anilines is 2. The summed E-state index contributed by atoms with van der Waals surface area (Å²) in [6, 6.07) is 22.9. The molecule has 1 saturated carbocycles. The molecule has 1 atom stereocenters. The van der Waals surface area contributed by atoms with Crippen molar-refractivity contribution in [1.82, 2.24) is 4.90 Å². The van der Waals surface area contributed by atoms with Crippen LogP contribution in [0.2, 0.25) is 5.02 Å². The zero-order chi connectivity index (χ0) is 25.7. The molecule has 0 radical (unpaired) electrons. The molecule has 2 amide bonds. The molecule has 1 aliphatic carbocycles. The van der Waals surface area contributed by atoms with Crippen LogP contribution in [0.25, 0.3) is 0 Å². The normalized spacial score (nSPS) is 13.7. The molecular weight excluding hydrogens is 470 g/mol. The average molecular weight is 504 g/mol. The number of rotatable bonds is 10. The van der Waals surface area contributed by atoms with Crippen molar-refractivity contribution in [2.75, 3.05) is 30.9 Å². The van der Waals surface area contributed by atoms with E-state index in [4.69, 9.17) is 11.6 Å². The van der Waals surface area contributed by atoms with Crippen LogP contribution in [0.5, 0.6) is 0 Å². The summed E-state index contributed by atoms with van der Waals surface area (Å²) in [7, 11) is 3.99. The minimum Gasteiger partial charge on any atom is -0.377 e. The Balaban J connectivity index is 1.61. The number of carbonyl (C=O) groups excluding carboxylic acids is 2. The van der Waals surface area contributed by atoms with E-state index in [1.807, 2.05) is 72.4 Å². The first-order valence-electron chi connectivity index (χ1n) is 12.6. The maximum absolute atomic E-state index is 13.8. The van der Waals surface area contributed by atoms with Gasteiger partial charge in [-0.1, -0.05) is 61.0 Å². The van der Waals surface area contributed by atoms with E-state index in [1.54, 1.807) is 24.3 Å². The number of carbonyl (C=O) groups is 2. The van der Waals surface area contributed by atoms with Gasteiger partial charge < -0.3 is 15.1 Å². The molecule has 1 fully saturated rings. The zero-order valence-corrected chi connectivity index (χ0v) is 22.0. The second-order valence-corrected chi connectivity index (χ2v) is 10.1. The van der Waals surface area contributed by atoms with E-state index < -0.39 is 0 Å². The summed E-state index contributed by atoms with van der Waals surface area (Å²) >= 11 is 6.22. The number of halogens is 1. The van der Waals surface area contributed by atoms with Crippen LogP contribution in [-0.4, -0.2) is 37.4 Å². The molecule has 0 aliphatic heterocycles. The number of hydrogen-bond donors (Lipinski definition) is 1. The van der Waals surface area contributed by atoms with Gasteiger partial charge in [-0.15, -0.1) is 0 Å². The second kappa shape index (κ2) is 11.6. The van der Waals surface area contributed by atoms with E-state index in [2.05, 4.69) is 12.2 Å². The third kappa shape index (κ3) is 6.27. The summed E-state index contributed by atoms with van der Waals surface area (Å²) < 4.78 is 0. The summed E-state index contributed by atoms with van der Waals surface area (Å²) in [4.78, 5) is 30.8. The Labute approximate surface area is 219 Å². The molecule has 0 bridgehead atoms. The Kier molecular flexibility index (Phi) is 8.32. The van der Waals surface area contributed by atoms with Crippen LogP contribution in [0.15, 0.2) is 72.8 Å². The third-order valence-electron chi connectivity index (χ3n) is 6.69. The molecule has 1 aliphatic rings. The monoisotopic (exact) mass is 503 g/mol. The molecule has 4 rings (SSSR count). The van der Waals surface area contributed by atoms with Crippen LogP contribution < -0.4 is 10.2 Å². The fraction of sp³-hybridized carbons (Fsp3) is 0.333. The number of hydrogen-bond acceptors (Lipinski definition) is 3. The lowest BCUT2D eigenvalue weighted by Crippen LogP contribution is -2.36. The fourth-order valence-electron chi connectivity index (χ4n) is 4.58. The largest absolute Gasteiger partial charge is 0.377 e. The van der Waals surface area contributed by atoms with Gasteiger partial charge in [0.15, 0.2) is 0 Å². The van der Waals surface area contributed by atoms with Crippen molar-refractivity contribution < 1.29 is 9.59 Å². The number of nitrogens with one attached hydrogen (secondary N) is 1. The lowest BCUT2D eigenvalue weighted by Gasteiger charge is -2.29. The Morgan fingerprint density at radius 1 is 1.00 bits per heavy atom. The highest BCUT2D eigenvalue weighted by Crippen LogP contribution is 2.34. The van der Waals surface area contributed by atoms with Crippen LogP contribution in [0.3, 0.4) is 0 Å². The highest BCUT2D eigenvalue weighted by molar-refractivity contribution is 6.34. The third-order valence-corrected chi connectivity index (χ3v) is 7.02. The molecule has 0 saturated heterocycles. The summed E-state index contributed by atoms with van der Waals surface area (Å²) in [6.45, 7) is 3.31. The SMILES string of the molecule is CC[C@H](C(=O)N(Cc1cc(NC(=O)c2ccccc2Cl)ccc1N(C)C)CC1CC1)c1ccccc1. The van der Waals surface area contributed by atoms with E-state index in [9.17, 15) is 9.59 Å². The number of benzene rings is 3. The van der Waals surface area contributed by atoms with Crippen molar-refractivity contribution in [2.45, 2.75) is 38.6 Å². The molecule has 5 nitrogen and oxygen atoms in total. The smallest absolute Gasteiger partial charge is 0.257 e. The molecule has 0 spiro atoms. The first-order valence-corrected chi connectivity index (χ1v) is 12.9. The van der Waals surface area contributed by atoms with Crippen molar-refractivity contribution in [3.8, 4) is 0 Å². The van der Waals surface area contributed by atoms with Crippen molar-refractivity contribution >= 4 is 34.8 Å². The second-order valence-electron chi connectivity index (χ2n) is 9.71. The minimum absolute atomic E-state index is 0.158. The van der Waals surface area contributed by atoms with E-state index in [1.165, 1.54) is 12.8 Å². The first kappa shape index (κ1) is 25.8. The van der Waals surface area contributed by atoms with E-state index in [-0.39, 0.29) is 17.7 Å². The highest BCUT2D eigenvalue weighted by Gasteiger charge is 2.31. The molecular formula is C30H34ClN3O2. The van der Waals surface area contributed by atoms with Crippen molar-refractivity contribution in [3.05, 3.63) is 94.5 Å². The van der Waals surface area contributed by atoms with Gasteiger partial charge in [0.25, 0.3) is 5.91 Å². The average Bonchev–Trinajstić information content (AvgIpc) is 3.69. The molecule has 0 aromatic heterocycles. The highest BCUT2D eigenvalue weighted by atomic mass is 35.5. The van der Waals surface area contributed by atoms with Gasteiger partial charge in [-0.2, -0.15) is 0 Å². The van der Waals surface area contributed by atoms with Gasteiger partial charge in [0.1, 0.15) is 0 Å². The summed E-state index contributed by atoms with van der Waals surface area (Å²) in [5.74, 6) is 0.292. The Hall–Kier alpha value is -3.31. The minimum atomic E-state index is -0.259. The van der Waals surface area contributed by atoms with Crippen molar-refractivity contribution in [1.29, 1.82) is 0 Å². The molecule has 188 valence electrons. The maximum Gasteiger partial charge on any atom is 0.257 e. The quantitative estimate of drug-likeness (QED) is 0.339. The molecule has 3 aromatic rings. The van der Waals surface area contributed by atoms with Crippen molar-refractivity contribution in [2.24, 2.45) is 5.92 Å². The van der Waals surface area contributed by atoms with Crippen LogP contribution in [-0.2, 0) is 11.3 Å². The summed E-state index contributed by atoms with van der Waals surface area (Å²) in [5, 5.41) is 3.39. The molecule has 6 heteroatoms. The molecule has 0 unspecified atom stereocenters. The van der Waals surface area contributed by atoms with Crippen LogP contribution in [0.4, 0.5) is 11.4 Å². The maximum atomic E-state index is 13.8. The Morgan fingerprint density at radius 3 is 2.33 bits per heavy atom. The molecule has 3 aromatic carbocycles.